The number of anilines is 1. The summed E-state index contributed by atoms with van der Waals surface area (Å²) in [5.74, 6) is -0.223. The third-order valence-corrected chi connectivity index (χ3v) is 6.82. The van der Waals surface area contributed by atoms with Gasteiger partial charge in [-0.3, -0.25) is 4.79 Å². The van der Waals surface area contributed by atoms with Crippen molar-refractivity contribution < 1.29 is 26.4 Å². The maximum atomic E-state index is 12.9. The van der Waals surface area contributed by atoms with Crippen molar-refractivity contribution in [3.8, 4) is 0 Å². The SMILES string of the molecule is CC1CCN(S(=O)(=O)c2cccc(C(=O)Nc3cccc(C(F)(F)F)c3)c2)CC1. The molecule has 9 heteroatoms. The molecule has 2 aromatic carbocycles. The van der Waals surface area contributed by atoms with Crippen molar-refractivity contribution in [1.29, 1.82) is 0 Å². The van der Waals surface area contributed by atoms with Crippen molar-refractivity contribution >= 4 is 21.6 Å². The summed E-state index contributed by atoms with van der Waals surface area (Å²) in [6.07, 6.45) is -2.98. The number of piperidine rings is 1. The lowest BCUT2D eigenvalue weighted by Crippen LogP contribution is -2.37. The van der Waals surface area contributed by atoms with Gasteiger partial charge in [-0.1, -0.05) is 19.1 Å². The highest BCUT2D eigenvalue weighted by molar-refractivity contribution is 7.89. The van der Waals surface area contributed by atoms with Crippen LogP contribution in [0.3, 0.4) is 0 Å². The highest BCUT2D eigenvalue weighted by atomic mass is 32.2. The van der Waals surface area contributed by atoms with Crippen LogP contribution in [-0.4, -0.2) is 31.7 Å². The number of nitrogens with one attached hydrogen (secondary N) is 1. The van der Waals surface area contributed by atoms with E-state index in [4.69, 9.17) is 0 Å². The molecule has 0 unspecified atom stereocenters. The van der Waals surface area contributed by atoms with Crippen molar-refractivity contribution in [1.82, 2.24) is 4.31 Å². The molecule has 0 aromatic heterocycles. The zero-order valence-corrected chi connectivity index (χ0v) is 16.6. The number of rotatable bonds is 4. The van der Waals surface area contributed by atoms with Crippen LogP contribution in [0.2, 0.25) is 0 Å². The average Bonchev–Trinajstić information content (AvgIpc) is 2.68. The molecule has 1 fully saturated rings. The van der Waals surface area contributed by atoms with Gasteiger partial charge in [0, 0.05) is 24.3 Å². The zero-order valence-electron chi connectivity index (χ0n) is 15.7. The van der Waals surface area contributed by atoms with Crippen LogP contribution in [0.5, 0.6) is 0 Å². The Bertz CT molecular complexity index is 998. The van der Waals surface area contributed by atoms with Gasteiger partial charge in [-0.15, -0.1) is 0 Å². The van der Waals surface area contributed by atoms with Crippen LogP contribution in [0.15, 0.2) is 53.4 Å². The van der Waals surface area contributed by atoms with Crippen molar-refractivity contribution in [3.63, 3.8) is 0 Å². The lowest BCUT2D eigenvalue weighted by atomic mass is 10.0. The summed E-state index contributed by atoms with van der Waals surface area (Å²) in [6, 6.07) is 9.78. The Kier molecular flexibility index (Phi) is 6.00. The summed E-state index contributed by atoms with van der Waals surface area (Å²) in [4.78, 5) is 12.5. The molecule has 1 aliphatic rings. The first-order valence-electron chi connectivity index (χ1n) is 9.16. The number of nitrogens with zero attached hydrogens (tertiary/aromatic N) is 1. The van der Waals surface area contributed by atoms with E-state index in [2.05, 4.69) is 12.2 Å². The van der Waals surface area contributed by atoms with Crippen LogP contribution in [0.25, 0.3) is 0 Å². The van der Waals surface area contributed by atoms with Gasteiger partial charge in [0.1, 0.15) is 0 Å². The first kappa shape index (κ1) is 21.3. The summed E-state index contributed by atoms with van der Waals surface area (Å²) in [5, 5.41) is 2.39. The highest BCUT2D eigenvalue weighted by Crippen LogP contribution is 2.31. The van der Waals surface area contributed by atoms with Crippen LogP contribution < -0.4 is 5.32 Å². The number of hydrogen-bond donors (Lipinski definition) is 1. The topological polar surface area (TPSA) is 66.5 Å². The second kappa shape index (κ2) is 8.16. The third kappa shape index (κ3) is 4.97. The fraction of sp³-hybridized carbons (Fsp3) is 0.350. The monoisotopic (exact) mass is 426 g/mol. The molecule has 1 saturated heterocycles. The summed E-state index contributed by atoms with van der Waals surface area (Å²) in [7, 11) is -3.74. The zero-order chi connectivity index (χ0) is 21.2. The number of carbonyl (C=O) groups is 1. The fourth-order valence-corrected chi connectivity index (χ4v) is 4.66. The molecular formula is C20H21F3N2O3S. The molecule has 0 spiro atoms. The Morgan fingerprint density at radius 3 is 2.38 bits per heavy atom. The smallest absolute Gasteiger partial charge is 0.322 e. The van der Waals surface area contributed by atoms with E-state index in [0.717, 1.165) is 25.0 Å². The van der Waals surface area contributed by atoms with Crippen molar-refractivity contribution in [3.05, 3.63) is 59.7 Å². The van der Waals surface area contributed by atoms with E-state index >= 15 is 0 Å². The maximum Gasteiger partial charge on any atom is 0.416 e. The molecule has 1 amide bonds. The van der Waals surface area contributed by atoms with E-state index < -0.39 is 27.7 Å². The van der Waals surface area contributed by atoms with Crippen molar-refractivity contribution in [2.45, 2.75) is 30.8 Å². The molecule has 3 rings (SSSR count). The Labute approximate surface area is 167 Å². The number of carbonyl (C=O) groups excluding carboxylic acids is 1. The summed E-state index contributed by atoms with van der Waals surface area (Å²) < 4.78 is 65.6. The van der Waals surface area contributed by atoms with Gasteiger partial charge in [-0.25, -0.2) is 8.42 Å². The maximum absolute atomic E-state index is 12.9. The van der Waals surface area contributed by atoms with Gasteiger partial charge in [0.05, 0.1) is 10.5 Å². The first-order chi connectivity index (χ1) is 13.6. The van der Waals surface area contributed by atoms with Gasteiger partial charge in [-0.05, 0) is 55.2 Å². The Morgan fingerprint density at radius 1 is 1.07 bits per heavy atom. The van der Waals surface area contributed by atoms with E-state index in [1.165, 1.54) is 40.7 Å². The molecule has 2 aromatic rings. The fourth-order valence-electron chi connectivity index (χ4n) is 3.15. The molecule has 0 bridgehead atoms. The molecule has 0 aliphatic carbocycles. The van der Waals surface area contributed by atoms with Gasteiger partial charge >= 0.3 is 6.18 Å². The minimum atomic E-state index is -4.53. The molecule has 0 atom stereocenters. The van der Waals surface area contributed by atoms with Gasteiger partial charge < -0.3 is 5.32 Å². The van der Waals surface area contributed by atoms with Gasteiger partial charge in [0.25, 0.3) is 5.91 Å². The average molecular weight is 426 g/mol. The molecule has 156 valence electrons. The second-order valence-electron chi connectivity index (χ2n) is 7.15. The number of alkyl halides is 3. The lowest BCUT2D eigenvalue weighted by molar-refractivity contribution is -0.137. The quantitative estimate of drug-likeness (QED) is 0.789. The van der Waals surface area contributed by atoms with Crippen molar-refractivity contribution in [2.24, 2.45) is 5.92 Å². The summed E-state index contributed by atoms with van der Waals surface area (Å²) >= 11 is 0. The standard InChI is InChI=1S/C20H21F3N2O3S/c1-14-8-10-25(11-9-14)29(27,28)18-7-2-4-15(12-18)19(26)24-17-6-3-5-16(13-17)20(21,22)23/h2-7,12-14H,8-11H2,1H3,(H,24,26). The number of sulfonamides is 1. The summed E-state index contributed by atoms with van der Waals surface area (Å²) in [6.45, 7) is 2.91. The van der Waals surface area contributed by atoms with Crippen molar-refractivity contribution in [2.75, 3.05) is 18.4 Å². The van der Waals surface area contributed by atoms with E-state index in [9.17, 15) is 26.4 Å². The van der Waals surface area contributed by atoms with E-state index in [0.29, 0.717) is 19.0 Å². The second-order valence-corrected chi connectivity index (χ2v) is 9.09. The predicted molar refractivity (Wildman–Crippen MR) is 103 cm³/mol. The van der Waals surface area contributed by atoms with Crippen LogP contribution >= 0.6 is 0 Å². The molecule has 1 N–H and O–H groups in total. The molecular weight excluding hydrogens is 405 g/mol. The minimum Gasteiger partial charge on any atom is -0.322 e. The van der Waals surface area contributed by atoms with Gasteiger partial charge in [0.15, 0.2) is 0 Å². The molecule has 5 nitrogen and oxygen atoms in total. The molecule has 0 radical (unpaired) electrons. The lowest BCUT2D eigenvalue weighted by Gasteiger charge is -2.29. The largest absolute Gasteiger partial charge is 0.416 e. The van der Waals surface area contributed by atoms with Crippen LogP contribution in [0.4, 0.5) is 18.9 Å². The Balaban J connectivity index is 1.80. The van der Waals surface area contributed by atoms with Crippen LogP contribution in [0.1, 0.15) is 35.7 Å². The van der Waals surface area contributed by atoms with E-state index in [1.807, 2.05) is 0 Å². The number of halogens is 3. The third-order valence-electron chi connectivity index (χ3n) is 4.92. The summed E-state index contributed by atoms with van der Waals surface area (Å²) in [5.41, 5.74) is -0.858. The van der Waals surface area contributed by atoms with Gasteiger partial charge in [0.2, 0.25) is 10.0 Å². The normalized spacial score (nSPS) is 16.6. The minimum absolute atomic E-state index is 0.0104. The molecule has 1 aliphatic heterocycles. The Morgan fingerprint density at radius 2 is 1.72 bits per heavy atom. The molecule has 0 saturated carbocycles. The van der Waals surface area contributed by atoms with Gasteiger partial charge in [-0.2, -0.15) is 17.5 Å². The predicted octanol–water partition coefficient (Wildman–Crippen LogP) is 4.38. The number of hydrogen-bond acceptors (Lipinski definition) is 3. The van der Waals surface area contributed by atoms with Crippen LogP contribution in [0, 0.1) is 5.92 Å². The number of benzene rings is 2. The van der Waals surface area contributed by atoms with E-state index in [1.54, 1.807) is 0 Å². The highest BCUT2D eigenvalue weighted by Gasteiger charge is 2.31. The van der Waals surface area contributed by atoms with Crippen LogP contribution in [-0.2, 0) is 16.2 Å². The first-order valence-corrected chi connectivity index (χ1v) is 10.6. The van der Waals surface area contributed by atoms with E-state index in [-0.39, 0.29) is 16.1 Å². The molecule has 29 heavy (non-hydrogen) atoms. The number of amides is 1. The molecule has 1 heterocycles. The Hall–Kier alpha value is -2.39.